The van der Waals surface area contributed by atoms with Gasteiger partial charge in [0, 0.05) is 24.1 Å². The highest BCUT2D eigenvalue weighted by molar-refractivity contribution is 5.65. The average Bonchev–Trinajstić information content (AvgIpc) is 3.38. The maximum atomic E-state index is 6.88. The van der Waals surface area contributed by atoms with Gasteiger partial charge in [-0.25, -0.2) is 0 Å². The smallest absolute Gasteiger partial charge is 0.312 e. The van der Waals surface area contributed by atoms with Crippen molar-refractivity contribution in [3.8, 4) is 11.5 Å². The fraction of sp³-hybridized carbons (Fsp3) is 0.565. The van der Waals surface area contributed by atoms with E-state index >= 15 is 0 Å². The molecule has 2 N–H and O–H groups in total. The summed E-state index contributed by atoms with van der Waals surface area (Å²) >= 11 is 0. The number of benzene rings is 1. The van der Waals surface area contributed by atoms with E-state index in [1.54, 1.807) is 14.2 Å². The zero-order chi connectivity index (χ0) is 21.2. The topological polar surface area (TPSA) is 95.9 Å². The van der Waals surface area contributed by atoms with E-state index in [9.17, 15) is 0 Å². The molecule has 4 bridgehead atoms. The van der Waals surface area contributed by atoms with E-state index in [1.807, 2.05) is 6.07 Å². The number of nitrogens with zero attached hydrogens (tertiary/aromatic N) is 3. The molecule has 1 aromatic heterocycles. The van der Waals surface area contributed by atoms with Crippen LogP contribution in [0.5, 0.6) is 11.5 Å². The van der Waals surface area contributed by atoms with Crippen molar-refractivity contribution in [1.29, 1.82) is 0 Å². The van der Waals surface area contributed by atoms with Crippen LogP contribution >= 0.6 is 0 Å². The average molecular weight is 422 g/mol. The zero-order valence-electron chi connectivity index (χ0n) is 17.9. The molecule has 0 unspecified atom stereocenters. The number of methoxy groups -OCH3 is 2. The van der Waals surface area contributed by atoms with Crippen molar-refractivity contribution in [2.24, 2.45) is 5.41 Å². The first-order valence-corrected chi connectivity index (χ1v) is 10.9. The Balaban J connectivity index is 1.55. The minimum absolute atomic E-state index is 0.0828. The molecule has 2 fully saturated rings. The maximum Gasteiger partial charge on any atom is 0.312 e. The van der Waals surface area contributed by atoms with Crippen molar-refractivity contribution in [1.82, 2.24) is 15.1 Å². The van der Waals surface area contributed by atoms with E-state index in [2.05, 4.69) is 40.4 Å². The first-order chi connectivity index (χ1) is 15.0. The number of likely N-dealkylation sites (N-methyl/N-ethyl adjacent to an activating group) is 1. The van der Waals surface area contributed by atoms with Crippen LogP contribution in [0.15, 0.2) is 28.7 Å². The summed E-state index contributed by atoms with van der Waals surface area (Å²) in [6.45, 7) is 1.02. The SMILES string of the molecule is COc1ccc2c3c1O[C@H]1[C@@]4(OC)C=C[C@@]5(C[C@@H]4c4nnc(N)o4)[C@@H](C2)N(C)CC[C@]315. The van der Waals surface area contributed by atoms with Crippen molar-refractivity contribution in [3.05, 3.63) is 41.3 Å². The molecule has 162 valence electrons. The number of piperidine rings is 1. The van der Waals surface area contributed by atoms with E-state index in [-0.39, 0.29) is 28.9 Å². The van der Waals surface area contributed by atoms with Crippen LogP contribution in [-0.2, 0) is 16.6 Å². The molecule has 2 aliphatic heterocycles. The Bertz CT molecular complexity index is 1150. The van der Waals surface area contributed by atoms with Crippen LogP contribution in [0, 0.1) is 5.41 Å². The molecular weight excluding hydrogens is 396 g/mol. The summed E-state index contributed by atoms with van der Waals surface area (Å²) in [6.07, 6.45) is 7.26. The molecule has 1 aromatic carbocycles. The molecule has 1 saturated heterocycles. The third-order valence-electron chi connectivity index (χ3n) is 9.03. The standard InChI is InChI=1S/C23H26N4O4/c1-27-9-8-22-16-12-4-5-14(28-2)17(16)30-19(22)23(29-3)7-6-21(22,15(27)10-12)11-13(23)18-25-26-20(24)31-18/h4-7,13,15,19H,8-11H2,1-3H3,(H2,24,26)/t13-,15-,19-,21-,22+,23-/m1/s1. The lowest BCUT2D eigenvalue weighted by atomic mass is 9.37. The van der Waals surface area contributed by atoms with Crippen LogP contribution in [0.1, 0.15) is 35.8 Å². The second kappa shape index (κ2) is 5.42. The lowest BCUT2D eigenvalue weighted by Crippen LogP contribution is -2.78. The van der Waals surface area contributed by atoms with E-state index in [4.69, 9.17) is 24.4 Å². The highest BCUT2D eigenvalue weighted by atomic mass is 16.6. The monoisotopic (exact) mass is 422 g/mol. The van der Waals surface area contributed by atoms with Crippen LogP contribution in [0.4, 0.5) is 6.01 Å². The Morgan fingerprint density at radius 1 is 1.23 bits per heavy atom. The number of anilines is 1. The van der Waals surface area contributed by atoms with Gasteiger partial charge in [0.05, 0.1) is 18.4 Å². The minimum Gasteiger partial charge on any atom is -0.493 e. The van der Waals surface area contributed by atoms with Gasteiger partial charge in [0.15, 0.2) is 11.5 Å². The Labute approximate surface area is 180 Å². The number of hydrogen-bond donors (Lipinski definition) is 1. The van der Waals surface area contributed by atoms with Crippen molar-refractivity contribution >= 4 is 6.01 Å². The van der Waals surface area contributed by atoms with Gasteiger partial charge < -0.3 is 29.3 Å². The quantitative estimate of drug-likeness (QED) is 0.751. The van der Waals surface area contributed by atoms with E-state index in [1.165, 1.54) is 11.1 Å². The molecule has 0 radical (unpaired) electrons. The molecule has 4 aliphatic carbocycles. The summed E-state index contributed by atoms with van der Waals surface area (Å²) in [4.78, 5) is 2.52. The first kappa shape index (κ1) is 18.0. The molecule has 3 heterocycles. The lowest BCUT2D eigenvalue weighted by Gasteiger charge is -2.70. The highest BCUT2D eigenvalue weighted by Gasteiger charge is 2.79. The third kappa shape index (κ3) is 1.72. The first-order valence-electron chi connectivity index (χ1n) is 10.9. The van der Waals surface area contributed by atoms with Crippen molar-refractivity contribution in [3.63, 3.8) is 0 Å². The molecule has 8 nitrogen and oxygen atoms in total. The predicted octanol–water partition coefficient (Wildman–Crippen LogP) is 2.05. The summed E-state index contributed by atoms with van der Waals surface area (Å²) in [5.74, 6) is 2.06. The molecule has 6 atom stereocenters. The molecule has 2 spiro atoms. The Hall–Kier alpha value is -2.58. The number of rotatable bonds is 3. The normalized spacial score (nSPS) is 41.2. The van der Waals surface area contributed by atoms with E-state index in [0.717, 1.165) is 37.3 Å². The van der Waals surface area contributed by atoms with Gasteiger partial charge in [0.2, 0.25) is 5.89 Å². The van der Waals surface area contributed by atoms with E-state index in [0.29, 0.717) is 11.9 Å². The van der Waals surface area contributed by atoms with Crippen molar-refractivity contribution in [2.75, 3.05) is 33.5 Å². The molecule has 8 rings (SSSR count). The second-order valence-electron chi connectivity index (χ2n) is 9.72. The van der Waals surface area contributed by atoms with Crippen molar-refractivity contribution in [2.45, 2.75) is 48.3 Å². The van der Waals surface area contributed by atoms with Gasteiger partial charge in [-0.3, -0.25) is 0 Å². The molecule has 31 heavy (non-hydrogen) atoms. The van der Waals surface area contributed by atoms with Crippen LogP contribution in [-0.4, -0.2) is 60.7 Å². The fourth-order valence-electron chi connectivity index (χ4n) is 7.87. The number of nitrogens with two attached hydrogens (primary N) is 1. The number of fused-ring (bicyclic) bond motifs is 1. The number of aromatic nitrogens is 2. The van der Waals surface area contributed by atoms with Gasteiger partial charge in [-0.2, -0.15) is 0 Å². The Kier molecular flexibility index (Phi) is 3.15. The third-order valence-corrected chi connectivity index (χ3v) is 9.03. The fourth-order valence-corrected chi connectivity index (χ4v) is 7.87. The molecule has 0 amide bonds. The van der Waals surface area contributed by atoms with Crippen molar-refractivity contribution < 1.29 is 18.6 Å². The second-order valence-corrected chi connectivity index (χ2v) is 9.72. The molecule has 2 aromatic rings. The number of nitrogen functional groups attached to an aromatic ring is 1. The van der Waals surface area contributed by atoms with Gasteiger partial charge in [0.1, 0.15) is 11.7 Å². The van der Waals surface area contributed by atoms with Gasteiger partial charge in [-0.1, -0.05) is 23.3 Å². The van der Waals surface area contributed by atoms with Crippen LogP contribution < -0.4 is 15.2 Å². The summed E-state index contributed by atoms with van der Waals surface area (Å²) in [6, 6.07) is 4.71. The number of ether oxygens (including phenoxy) is 3. The molecular formula is C23H26N4O4. The molecule has 8 heteroatoms. The number of likely N-dealkylation sites (tertiary alicyclic amines) is 1. The summed E-state index contributed by atoms with van der Waals surface area (Å²) in [5.41, 5.74) is 7.49. The van der Waals surface area contributed by atoms with E-state index < -0.39 is 5.60 Å². The Morgan fingerprint density at radius 3 is 2.84 bits per heavy atom. The largest absolute Gasteiger partial charge is 0.493 e. The van der Waals surface area contributed by atoms with Crippen LogP contribution in [0.2, 0.25) is 0 Å². The highest BCUT2D eigenvalue weighted by Crippen LogP contribution is 2.75. The van der Waals surface area contributed by atoms with Crippen LogP contribution in [0.3, 0.4) is 0 Å². The Morgan fingerprint density at radius 2 is 2.10 bits per heavy atom. The summed E-state index contributed by atoms with van der Waals surface area (Å²) < 4.78 is 24.7. The molecule has 1 saturated carbocycles. The zero-order valence-corrected chi connectivity index (χ0v) is 17.9. The van der Waals surface area contributed by atoms with Gasteiger partial charge >= 0.3 is 6.01 Å². The molecule has 6 aliphatic rings. The number of hydrogen-bond acceptors (Lipinski definition) is 8. The van der Waals surface area contributed by atoms with Gasteiger partial charge in [-0.15, -0.1) is 5.10 Å². The van der Waals surface area contributed by atoms with Gasteiger partial charge in [0.25, 0.3) is 0 Å². The van der Waals surface area contributed by atoms with Gasteiger partial charge in [-0.05, 0) is 44.5 Å². The summed E-state index contributed by atoms with van der Waals surface area (Å²) in [7, 11) is 5.71. The minimum atomic E-state index is -0.722. The predicted molar refractivity (Wildman–Crippen MR) is 111 cm³/mol. The van der Waals surface area contributed by atoms with Crippen LogP contribution in [0.25, 0.3) is 0 Å². The summed E-state index contributed by atoms with van der Waals surface area (Å²) in [5, 5.41) is 8.24. The lowest BCUT2D eigenvalue weighted by molar-refractivity contribution is -0.200. The maximum absolute atomic E-state index is 6.88.